The van der Waals surface area contributed by atoms with Crippen LogP contribution in [0.1, 0.15) is 36.1 Å². The van der Waals surface area contributed by atoms with E-state index in [9.17, 15) is 13.2 Å². The van der Waals surface area contributed by atoms with Crippen LogP contribution < -0.4 is 0 Å². The van der Waals surface area contributed by atoms with Crippen molar-refractivity contribution in [3.05, 3.63) is 95.8 Å². The minimum Gasteiger partial charge on any atom is -0.241 e. The minimum atomic E-state index is -4.33. The second kappa shape index (κ2) is 7.74. The zero-order valence-electron chi connectivity index (χ0n) is 16.0. The van der Waals surface area contributed by atoms with Gasteiger partial charge >= 0.3 is 6.18 Å². The summed E-state index contributed by atoms with van der Waals surface area (Å²) in [5.74, 6) is 0.373. The molecule has 2 nitrogen and oxygen atoms in total. The Morgan fingerprint density at radius 2 is 1.62 bits per heavy atom. The minimum absolute atomic E-state index is 0.373. The van der Waals surface area contributed by atoms with E-state index in [1.165, 1.54) is 28.5 Å². The molecular formula is C24H21F3N2. The number of alkyl halides is 3. The highest BCUT2D eigenvalue weighted by Gasteiger charge is 2.30. The van der Waals surface area contributed by atoms with Crippen molar-refractivity contribution >= 4 is 10.8 Å². The van der Waals surface area contributed by atoms with E-state index >= 15 is 0 Å². The number of aryl methyl sites for hydroxylation is 1. The molecule has 4 rings (SSSR count). The molecule has 0 bridgehead atoms. The van der Waals surface area contributed by atoms with Crippen LogP contribution in [0.25, 0.3) is 16.5 Å². The van der Waals surface area contributed by atoms with Gasteiger partial charge in [0.1, 0.15) is 0 Å². The molecule has 0 spiro atoms. The third kappa shape index (κ3) is 4.19. The lowest BCUT2D eigenvalue weighted by Gasteiger charge is -2.14. The molecule has 0 saturated carbocycles. The lowest BCUT2D eigenvalue weighted by molar-refractivity contribution is -0.137. The summed E-state index contributed by atoms with van der Waals surface area (Å²) in [7, 11) is 0. The number of hydrogen-bond donors (Lipinski definition) is 0. The van der Waals surface area contributed by atoms with Gasteiger partial charge in [-0.1, -0.05) is 49.4 Å². The average Bonchev–Trinajstić information content (AvgIpc) is 3.20. The first-order valence-corrected chi connectivity index (χ1v) is 9.61. The summed E-state index contributed by atoms with van der Waals surface area (Å²) in [6, 6.07) is 21.7. The van der Waals surface area contributed by atoms with Crippen LogP contribution >= 0.6 is 0 Å². The van der Waals surface area contributed by atoms with Crippen molar-refractivity contribution in [2.45, 2.75) is 31.9 Å². The van der Waals surface area contributed by atoms with E-state index in [4.69, 9.17) is 0 Å². The Morgan fingerprint density at radius 3 is 2.38 bits per heavy atom. The van der Waals surface area contributed by atoms with Gasteiger partial charge in [-0.25, -0.2) is 4.68 Å². The van der Waals surface area contributed by atoms with Crippen LogP contribution in [-0.4, -0.2) is 9.78 Å². The predicted molar refractivity (Wildman–Crippen MR) is 109 cm³/mol. The maximum absolute atomic E-state index is 12.7. The summed E-state index contributed by atoms with van der Waals surface area (Å²) < 4.78 is 39.8. The topological polar surface area (TPSA) is 17.8 Å². The summed E-state index contributed by atoms with van der Waals surface area (Å²) in [5, 5.41) is 7.05. The Hall–Kier alpha value is -3.08. The molecule has 29 heavy (non-hydrogen) atoms. The molecule has 0 aliphatic rings. The Balaban J connectivity index is 1.45. The van der Waals surface area contributed by atoms with E-state index in [2.05, 4.69) is 48.4 Å². The van der Waals surface area contributed by atoms with Crippen molar-refractivity contribution in [1.29, 1.82) is 0 Å². The van der Waals surface area contributed by atoms with Gasteiger partial charge in [0.2, 0.25) is 0 Å². The maximum atomic E-state index is 12.7. The van der Waals surface area contributed by atoms with Crippen molar-refractivity contribution < 1.29 is 13.2 Å². The highest BCUT2D eigenvalue weighted by molar-refractivity contribution is 5.86. The normalized spacial score (nSPS) is 13.0. The van der Waals surface area contributed by atoms with E-state index in [1.54, 1.807) is 10.9 Å². The summed E-state index contributed by atoms with van der Waals surface area (Å²) in [5.41, 5.74) is 2.21. The van der Waals surface area contributed by atoms with Crippen LogP contribution in [0.15, 0.2) is 79.0 Å². The van der Waals surface area contributed by atoms with Gasteiger partial charge in [-0.3, -0.25) is 0 Å². The quantitative estimate of drug-likeness (QED) is 0.365. The zero-order chi connectivity index (χ0) is 20.4. The summed E-state index contributed by atoms with van der Waals surface area (Å²) >= 11 is 0. The molecule has 0 aliphatic carbocycles. The molecule has 0 amide bonds. The second-order valence-electron chi connectivity index (χ2n) is 7.30. The first-order valence-electron chi connectivity index (χ1n) is 9.61. The largest absolute Gasteiger partial charge is 0.416 e. The van der Waals surface area contributed by atoms with Gasteiger partial charge in [0, 0.05) is 6.20 Å². The number of nitrogens with zero attached hydrogens (tertiary/aromatic N) is 2. The molecule has 1 aromatic heterocycles. The third-order valence-electron chi connectivity index (χ3n) is 5.29. The SMILES string of the molecule is C[C@@H](CCc1ccn(-c2ccc(C(F)(F)F)cc2)n1)c1cccc2ccccc12. The maximum Gasteiger partial charge on any atom is 0.416 e. The van der Waals surface area contributed by atoms with Gasteiger partial charge < -0.3 is 0 Å². The number of hydrogen-bond acceptors (Lipinski definition) is 1. The molecule has 3 aromatic carbocycles. The molecule has 1 atom stereocenters. The highest BCUT2D eigenvalue weighted by atomic mass is 19.4. The fourth-order valence-electron chi connectivity index (χ4n) is 3.64. The van der Waals surface area contributed by atoms with E-state index in [1.807, 2.05) is 12.1 Å². The molecule has 0 saturated heterocycles. The monoisotopic (exact) mass is 394 g/mol. The number of aromatic nitrogens is 2. The number of fused-ring (bicyclic) bond motifs is 1. The molecule has 5 heteroatoms. The van der Waals surface area contributed by atoms with Gasteiger partial charge in [0.15, 0.2) is 0 Å². The van der Waals surface area contributed by atoms with Gasteiger partial charge in [0.25, 0.3) is 0 Å². The van der Waals surface area contributed by atoms with Crippen LogP contribution in [-0.2, 0) is 12.6 Å². The molecule has 0 N–H and O–H groups in total. The van der Waals surface area contributed by atoms with Crippen molar-refractivity contribution in [2.75, 3.05) is 0 Å². The third-order valence-corrected chi connectivity index (χ3v) is 5.29. The van der Waals surface area contributed by atoms with Gasteiger partial charge in [0.05, 0.1) is 16.9 Å². The zero-order valence-corrected chi connectivity index (χ0v) is 16.0. The molecule has 148 valence electrons. The summed E-state index contributed by atoms with van der Waals surface area (Å²) in [6.45, 7) is 2.22. The number of rotatable bonds is 5. The van der Waals surface area contributed by atoms with Crippen molar-refractivity contribution in [3.8, 4) is 5.69 Å². The van der Waals surface area contributed by atoms with Crippen LogP contribution in [0.2, 0.25) is 0 Å². The first kappa shape index (κ1) is 19.2. The molecule has 0 radical (unpaired) electrons. The van der Waals surface area contributed by atoms with E-state index in [-0.39, 0.29) is 0 Å². The molecule has 1 heterocycles. The van der Waals surface area contributed by atoms with Crippen molar-refractivity contribution in [3.63, 3.8) is 0 Å². The van der Waals surface area contributed by atoms with Crippen LogP contribution in [0.3, 0.4) is 0 Å². The Morgan fingerprint density at radius 1 is 0.897 bits per heavy atom. The Labute approximate surface area is 167 Å². The number of benzene rings is 3. The van der Waals surface area contributed by atoms with Gasteiger partial charge in [-0.05, 0) is 65.4 Å². The standard InChI is InChI=1S/C24H21F3N2/c1-17(22-8-4-6-18-5-2-3-7-23(18)22)9-12-20-15-16-29(28-20)21-13-10-19(11-14-21)24(25,26)27/h2-8,10-11,13-17H,9,12H2,1H3/t17-/m0/s1. The Kier molecular flexibility index (Phi) is 5.14. The van der Waals surface area contributed by atoms with Crippen molar-refractivity contribution in [1.82, 2.24) is 9.78 Å². The molecule has 0 fully saturated rings. The van der Waals surface area contributed by atoms with Crippen LogP contribution in [0.5, 0.6) is 0 Å². The smallest absolute Gasteiger partial charge is 0.241 e. The summed E-state index contributed by atoms with van der Waals surface area (Å²) in [4.78, 5) is 0. The van der Waals surface area contributed by atoms with Crippen molar-refractivity contribution in [2.24, 2.45) is 0 Å². The Bertz CT molecular complexity index is 1110. The molecule has 0 unspecified atom stereocenters. The van der Waals surface area contributed by atoms with E-state index in [0.717, 1.165) is 30.7 Å². The highest BCUT2D eigenvalue weighted by Crippen LogP contribution is 2.30. The molecular weight excluding hydrogens is 373 g/mol. The molecule has 0 aliphatic heterocycles. The van der Waals surface area contributed by atoms with E-state index < -0.39 is 11.7 Å². The second-order valence-corrected chi connectivity index (χ2v) is 7.30. The fraction of sp³-hybridized carbons (Fsp3) is 0.208. The van der Waals surface area contributed by atoms with E-state index in [0.29, 0.717) is 11.6 Å². The van der Waals surface area contributed by atoms with Crippen LogP contribution in [0, 0.1) is 0 Å². The fourth-order valence-corrected chi connectivity index (χ4v) is 3.64. The lowest BCUT2D eigenvalue weighted by atomic mass is 9.91. The average molecular weight is 394 g/mol. The molecule has 4 aromatic rings. The lowest BCUT2D eigenvalue weighted by Crippen LogP contribution is -2.05. The number of halogens is 3. The van der Waals surface area contributed by atoms with Gasteiger partial charge in [-0.15, -0.1) is 0 Å². The summed E-state index contributed by atoms with van der Waals surface area (Å²) in [6.07, 6.45) is -0.790. The van der Waals surface area contributed by atoms with Gasteiger partial charge in [-0.2, -0.15) is 18.3 Å². The van der Waals surface area contributed by atoms with Crippen LogP contribution in [0.4, 0.5) is 13.2 Å². The first-order chi connectivity index (χ1) is 13.9. The predicted octanol–water partition coefficient (Wildman–Crippen LogP) is 6.78.